The van der Waals surface area contributed by atoms with E-state index in [0.717, 1.165) is 42.9 Å². The third kappa shape index (κ3) is 8.01. The number of nitrogens with one attached hydrogen (secondary N) is 2. The lowest BCUT2D eigenvalue weighted by atomic mass is 10.1. The van der Waals surface area contributed by atoms with E-state index in [1.54, 1.807) is 6.92 Å². The van der Waals surface area contributed by atoms with Gasteiger partial charge in [0.25, 0.3) is 0 Å². The number of unbranched alkanes of at least 4 members (excludes halogenated alkanes) is 1. The van der Waals surface area contributed by atoms with E-state index in [-0.39, 0.29) is 17.8 Å². The van der Waals surface area contributed by atoms with Gasteiger partial charge in [0.05, 0.1) is 13.0 Å². The standard InChI is InChI=1S/C19H31N3O3/c1-5-20-18-14(2)10-11-16(22-18)8-6-7-9-17(23)21-13-12-15(3)19(24)25-4/h10-11,15H,5-9,12-13H2,1-4H3,(H,20,22)(H,21,23). The molecule has 2 N–H and O–H groups in total. The van der Waals surface area contributed by atoms with Crippen molar-refractivity contribution in [3.8, 4) is 0 Å². The lowest BCUT2D eigenvalue weighted by Gasteiger charge is -2.10. The summed E-state index contributed by atoms with van der Waals surface area (Å²) in [6.45, 7) is 7.25. The Morgan fingerprint density at radius 3 is 2.72 bits per heavy atom. The zero-order valence-electron chi connectivity index (χ0n) is 15.9. The van der Waals surface area contributed by atoms with Gasteiger partial charge in [0.1, 0.15) is 5.82 Å². The molecule has 1 aromatic rings. The summed E-state index contributed by atoms with van der Waals surface area (Å²) in [4.78, 5) is 27.7. The van der Waals surface area contributed by atoms with Crippen molar-refractivity contribution >= 4 is 17.7 Å². The number of ether oxygens (including phenoxy) is 1. The Hall–Kier alpha value is -2.11. The molecule has 1 aromatic heterocycles. The van der Waals surface area contributed by atoms with Gasteiger partial charge < -0.3 is 15.4 Å². The zero-order chi connectivity index (χ0) is 18.7. The van der Waals surface area contributed by atoms with Crippen LogP contribution in [0.5, 0.6) is 0 Å². The fourth-order valence-corrected chi connectivity index (χ4v) is 2.48. The minimum Gasteiger partial charge on any atom is -0.469 e. The van der Waals surface area contributed by atoms with E-state index in [1.807, 2.05) is 13.0 Å². The number of methoxy groups -OCH3 is 1. The number of aryl methyl sites for hydroxylation is 2. The molecule has 0 aromatic carbocycles. The van der Waals surface area contributed by atoms with Gasteiger partial charge in [0.2, 0.25) is 5.91 Å². The van der Waals surface area contributed by atoms with Gasteiger partial charge in [0, 0.05) is 25.2 Å². The third-order valence-electron chi connectivity index (χ3n) is 4.09. The number of carbonyl (C=O) groups excluding carboxylic acids is 2. The van der Waals surface area contributed by atoms with Crippen LogP contribution in [0, 0.1) is 12.8 Å². The summed E-state index contributed by atoms with van der Waals surface area (Å²) >= 11 is 0. The number of pyridine rings is 1. The number of hydrogen-bond donors (Lipinski definition) is 2. The Morgan fingerprint density at radius 2 is 2.04 bits per heavy atom. The van der Waals surface area contributed by atoms with Crippen molar-refractivity contribution in [3.63, 3.8) is 0 Å². The minimum atomic E-state index is -0.239. The molecule has 25 heavy (non-hydrogen) atoms. The first-order valence-corrected chi connectivity index (χ1v) is 9.02. The Bertz CT molecular complexity index is 561. The number of aromatic nitrogens is 1. The summed E-state index contributed by atoms with van der Waals surface area (Å²) in [5, 5.41) is 6.11. The lowest BCUT2D eigenvalue weighted by molar-refractivity contribution is -0.145. The van der Waals surface area contributed by atoms with Crippen LogP contribution in [0.2, 0.25) is 0 Å². The van der Waals surface area contributed by atoms with Crippen LogP contribution in [0.25, 0.3) is 0 Å². The van der Waals surface area contributed by atoms with E-state index in [4.69, 9.17) is 0 Å². The fraction of sp³-hybridized carbons (Fsp3) is 0.632. The molecule has 0 saturated carbocycles. The molecule has 6 heteroatoms. The van der Waals surface area contributed by atoms with Crippen molar-refractivity contribution in [1.82, 2.24) is 10.3 Å². The second-order valence-corrected chi connectivity index (χ2v) is 6.27. The third-order valence-corrected chi connectivity index (χ3v) is 4.09. The Balaban J connectivity index is 2.21. The molecule has 0 radical (unpaired) electrons. The molecule has 1 heterocycles. The van der Waals surface area contributed by atoms with Crippen LogP contribution >= 0.6 is 0 Å². The lowest BCUT2D eigenvalue weighted by Crippen LogP contribution is -2.27. The number of rotatable bonds is 11. The zero-order valence-corrected chi connectivity index (χ0v) is 15.9. The van der Waals surface area contributed by atoms with Crippen LogP contribution in [0.3, 0.4) is 0 Å². The molecule has 0 saturated heterocycles. The molecule has 1 unspecified atom stereocenters. The van der Waals surface area contributed by atoms with Crippen molar-refractivity contribution in [1.29, 1.82) is 0 Å². The van der Waals surface area contributed by atoms with Crippen molar-refractivity contribution in [3.05, 3.63) is 23.4 Å². The quantitative estimate of drug-likeness (QED) is 0.474. The first-order chi connectivity index (χ1) is 12.0. The highest BCUT2D eigenvalue weighted by molar-refractivity contribution is 5.76. The van der Waals surface area contributed by atoms with Crippen LogP contribution in [-0.4, -0.2) is 37.1 Å². The largest absolute Gasteiger partial charge is 0.469 e. The Kier molecular flexibility index (Phi) is 9.58. The van der Waals surface area contributed by atoms with Gasteiger partial charge in [0.15, 0.2) is 0 Å². The normalized spacial score (nSPS) is 11.7. The molecule has 140 valence electrons. The minimum absolute atomic E-state index is 0.0299. The molecule has 0 aliphatic rings. The van der Waals surface area contributed by atoms with Crippen molar-refractivity contribution < 1.29 is 14.3 Å². The van der Waals surface area contributed by atoms with Gasteiger partial charge >= 0.3 is 5.97 Å². The molecule has 0 aliphatic carbocycles. The number of esters is 1. The maximum Gasteiger partial charge on any atom is 0.308 e. The van der Waals surface area contributed by atoms with Gasteiger partial charge in [-0.25, -0.2) is 4.98 Å². The van der Waals surface area contributed by atoms with E-state index in [9.17, 15) is 9.59 Å². The summed E-state index contributed by atoms with van der Waals surface area (Å²) in [6, 6.07) is 4.12. The Labute approximate surface area is 150 Å². The summed E-state index contributed by atoms with van der Waals surface area (Å²) in [7, 11) is 1.38. The second-order valence-electron chi connectivity index (χ2n) is 6.27. The molecule has 1 amide bonds. The topological polar surface area (TPSA) is 80.3 Å². The fourth-order valence-electron chi connectivity index (χ4n) is 2.48. The van der Waals surface area contributed by atoms with Crippen LogP contribution < -0.4 is 10.6 Å². The van der Waals surface area contributed by atoms with Crippen LogP contribution in [0.15, 0.2) is 12.1 Å². The van der Waals surface area contributed by atoms with E-state index in [2.05, 4.69) is 33.3 Å². The summed E-state index contributed by atoms with van der Waals surface area (Å²) in [5.41, 5.74) is 2.19. The van der Waals surface area contributed by atoms with Crippen LogP contribution in [0.4, 0.5) is 5.82 Å². The summed E-state index contributed by atoms with van der Waals surface area (Å²) in [5.74, 6) is 0.542. The maximum absolute atomic E-state index is 11.8. The van der Waals surface area contributed by atoms with E-state index in [1.165, 1.54) is 7.11 Å². The number of anilines is 1. The first kappa shape index (κ1) is 20.9. The molecular weight excluding hydrogens is 318 g/mol. The van der Waals surface area contributed by atoms with Gasteiger partial charge in [-0.3, -0.25) is 9.59 Å². The molecule has 1 rings (SSSR count). The monoisotopic (exact) mass is 349 g/mol. The van der Waals surface area contributed by atoms with Crippen molar-refractivity contribution in [2.75, 3.05) is 25.5 Å². The predicted octanol–water partition coefficient (Wildman–Crippen LogP) is 2.85. The number of carbonyl (C=O) groups is 2. The smallest absolute Gasteiger partial charge is 0.308 e. The average molecular weight is 349 g/mol. The van der Waals surface area contributed by atoms with Crippen LogP contribution in [-0.2, 0) is 20.7 Å². The number of nitrogens with zero attached hydrogens (tertiary/aromatic N) is 1. The van der Waals surface area contributed by atoms with E-state index in [0.29, 0.717) is 19.4 Å². The molecule has 0 aliphatic heterocycles. The SMILES string of the molecule is CCNc1nc(CCCCC(=O)NCCC(C)C(=O)OC)ccc1C. The summed E-state index contributed by atoms with van der Waals surface area (Å²) in [6.07, 6.45) is 3.71. The summed E-state index contributed by atoms with van der Waals surface area (Å²) < 4.78 is 4.66. The molecule has 6 nitrogen and oxygen atoms in total. The molecule has 1 atom stereocenters. The van der Waals surface area contributed by atoms with Gasteiger partial charge in [-0.05, 0) is 51.2 Å². The molecule has 0 bridgehead atoms. The highest BCUT2D eigenvalue weighted by Crippen LogP contribution is 2.14. The van der Waals surface area contributed by atoms with Gasteiger partial charge in [-0.2, -0.15) is 0 Å². The maximum atomic E-state index is 11.8. The highest BCUT2D eigenvalue weighted by atomic mass is 16.5. The highest BCUT2D eigenvalue weighted by Gasteiger charge is 2.12. The number of amides is 1. The number of hydrogen-bond acceptors (Lipinski definition) is 5. The van der Waals surface area contributed by atoms with Gasteiger partial charge in [-0.15, -0.1) is 0 Å². The first-order valence-electron chi connectivity index (χ1n) is 9.02. The van der Waals surface area contributed by atoms with E-state index < -0.39 is 0 Å². The van der Waals surface area contributed by atoms with Gasteiger partial charge in [-0.1, -0.05) is 13.0 Å². The predicted molar refractivity (Wildman–Crippen MR) is 99.5 cm³/mol. The van der Waals surface area contributed by atoms with Crippen LogP contribution in [0.1, 0.15) is 50.8 Å². The Morgan fingerprint density at radius 1 is 1.28 bits per heavy atom. The molecule has 0 fully saturated rings. The average Bonchev–Trinajstić information content (AvgIpc) is 2.60. The molecular formula is C19H31N3O3. The second kappa shape index (κ2) is 11.4. The van der Waals surface area contributed by atoms with Crippen molar-refractivity contribution in [2.24, 2.45) is 5.92 Å². The van der Waals surface area contributed by atoms with Crippen molar-refractivity contribution in [2.45, 2.75) is 52.9 Å². The molecule has 0 spiro atoms. The van der Waals surface area contributed by atoms with E-state index >= 15 is 0 Å².